The Kier molecular flexibility index (Phi) is 5.21. The topological polar surface area (TPSA) is 62.1 Å². The van der Waals surface area contributed by atoms with Crippen LogP contribution in [0.5, 0.6) is 5.75 Å². The maximum absolute atomic E-state index is 12.5. The number of anilines is 1. The molecule has 0 unspecified atom stereocenters. The van der Waals surface area contributed by atoms with Crippen molar-refractivity contribution >= 4 is 40.0 Å². The second-order valence-corrected chi connectivity index (χ2v) is 5.91. The van der Waals surface area contributed by atoms with Gasteiger partial charge in [0.2, 0.25) is 0 Å². The lowest BCUT2D eigenvalue weighted by atomic mass is 10.0. The van der Waals surface area contributed by atoms with E-state index in [0.29, 0.717) is 22.0 Å². The van der Waals surface area contributed by atoms with Crippen LogP contribution >= 0.6 is 11.6 Å². The first-order chi connectivity index (χ1) is 12.6. The van der Waals surface area contributed by atoms with Gasteiger partial charge < -0.3 is 10.1 Å². The Bertz CT molecular complexity index is 1050. The molecule has 128 valence electrons. The summed E-state index contributed by atoms with van der Waals surface area (Å²) in [5.74, 6) is 0.0533. The number of ether oxygens (including phenoxy) is 1. The largest absolute Gasteiger partial charge is 0.496 e. The smallest absolute Gasteiger partial charge is 0.266 e. The Labute approximate surface area is 156 Å². The van der Waals surface area contributed by atoms with Crippen molar-refractivity contribution < 1.29 is 9.53 Å². The van der Waals surface area contributed by atoms with Gasteiger partial charge in [-0.2, -0.15) is 5.26 Å². The zero-order valence-corrected chi connectivity index (χ0v) is 14.7. The second-order valence-electron chi connectivity index (χ2n) is 5.51. The van der Waals surface area contributed by atoms with Crippen LogP contribution in [-0.2, 0) is 4.79 Å². The summed E-state index contributed by atoms with van der Waals surface area (Å²) in [6.45, 7) is 0. The summed E-state index contributed by atoms with van der Waals surface area (Å²) < 4.78 is 5.41. The van der Waals surface area contributed by atoms with Gasteiger partial charge in [0, 0.05) is 5.56 Å². The zero-order chi connectivity index (χ0) is 18.5. The zero-order valence-electron chi connectivity index (χ0n) is 14.0. The fraction of sp³-hybridized carbons (Fsp3) is 0.0476. The number of nitriles is 1. The number of nitrogens with one attached hydrogen (secondary N) is 1. The second kappa shape index (κ2) is 7.73. The minimum atomic E-state index is -0.532. The summed E-state index contributed by atoms with van der Waals surface area (Å²) in [6, 6.07) is 20.3. The third kappa shape index (κ3) is 3.53. The molecule has 0 bridgehead atoms. The van der Waals surface area contributed by atoms with Gasteiger partial charge in [0.25, 0.3) is 5.91 Å². The van der Waals surface area contributed by atoms with E-state index in [1.54, 1.807) is 31.4 Å². The number of hydrogen-bond acceptors (Lipinski definition) is 3. The van der Waals surface area contributed by atoms with Crippen molar-refractivity contribution in [1.82, 2.24) is 0 Å². The molecule has 4 nitrogen and oxygen atoms in total. The first-order valence-corrected chi connectivity index (χ1v) is 8.25. The summed E-state index contributed by atoms with van der Waals surface area (Å²) in [5, 5.41) is 14.4. The number of halogens is 1. The van der Waals surface area contributed by atoms with Gasteiger partial charge in [0.15, 0.2) is 0 Å². The number of nitrogens with zero attached hydrogens (tertiary/aromatic N) is 1. The number of carbonyl (C=O) groups is 1. The molecule has 1 N–H and O–H groups in total. The third-order valence-electron chi connectivity index (χ3n) is 3.93. The van der Waals surface area contributed by atoms with Gasteiger partial charge in [-0.05, 0) is 35.0 Å². The summed E-state index contributed by atoms with van der Waals surface area (Å²) >= 11 is 6.07. The molecule has 5 heteroatoms. The quantitative estimate of drug-likeness (QED) is 0.522. The van der Waals surface area contributed by atoms with Crippen LogP contribution in [0.3, 0.4) is 0 Å². The third-order valence-corrected chi connectivity index (χ3v) is 4.26. The van der Waals surface area contributed by atoms with E-state index in [1.165, 1.54) is 6.08 Å². The van der Waals surface area contributed by atoms with Gasteiger partial charge in [0.1, 0.15) is 17.4 Å². The molecule has 0 atom stereocenters. The molecule has 26 heavy (non-hydrogen) atoms. The van der Waals surface area contributed by atoms with Gasteiger partial charge in [-0.25, -0.2) is 0 Å². The Morgan fingerprint density at radius 2 is 1.85 bits per heavy atom. The van der Waals surface area contributed by atoms with Crippen LogP contribution in [0, 0.1) is 11.3 Å². The first-order valence-electron chi connectivity index (χ1n) is 7.87. The fourth-order valence-electron chi connectivity index (χ4n) is 2.65. The van der Waals surface area contributed by atoms with Crippen molar-refractivity contribution in [2.24, 2.45) is 0 Å². The van der Waals surface area contributed by atoms with Crippen molar-refractivity contribution in [3.05, 3.63) is 76.8 Å². The number of para-hydroxylation sites is 1. The van der Waals surface area contributed by atoms with Crippen LogP contribution in [0.4, 0.5) is 5.69 Å². The maximum Gasteiger partial charge on any atom is 0.266 e. The lowest BCUT2D eigenvalue weighted by Crippen LogP contribution is -2.13. The molecule has 1 amide bonds. The van der Waals surface area contributed by atoms with Crippen LogP contribution in [-0.4, -0.2) is 13.0 Å². The minimum absolute atomic E-state index is 0.0421. The van der Waals surface area contributed by atoms with Crippen molar-refractivity contribution in [3.8, 4) is 11.8 Å². The summed E-state index contributed by atoms with van der Waals surface area (Å²) in [5.41, 5.74) is 1.08. The number of benzene rings is 3. The number of methoxy groups -OCH3 is 1. The van der Waals surface area contributed by atoms with E-state index in [9.17, 15) is 10.1 Å². The van der Waals surface area contributed by atoms with Gasteiger partial charge in [-0.1, -0.05) is 54.1 Å². The monoisotopic (exact) mass is 362 g/mol. The van der Waals surface area contributed by atoms with Crippen LogP contribution in [0.1, 0.15) is 5.56 Å². The highest BCUT2D eigenvalue weighted by atomic mass is 35.5. The highest BCUT2D eigenvalue weighted by molar-refractivity contribution is 6.34. The molecule has 0 saturated heterocycles. The molecule has 3 aromatic rings. The van der Waals surface area contributed by atoms with E-state index < -0.39 is 5.91 Å². The molecule has 0 aliphatic heterocycles. The molecule has 0 heterocycles. The van der Waals surface area contributed by atoms with Crippen molar-refractivity contribution in [3.63, 3.8) is 0 Å². The Hall–Kier alpha value is -3.29. The summed E-state index contributed by atoms with van der Waals surface area (Å²) in [6.07, 6.45) is 1.54. The number of hydrogen-bond donors (Lipinski definition) is 1. The Balaban J connectivity index is 2.04. The van der Waals surface area contributed by atoms with Crippen molar-refractivity contribution in [1.29, 1.82) is 5.26 Å². The molecule has 3 aromatic carbocycles. The molecule has 3 rings (SSSR count). The first kappa shape index (κ1) is 17.5. The van der Waals surface area contributed by atoms with Crippen LogP contribution < -0.4 is 10.1 Å². The highest BCUT2D eigenvalue weighted by Crippen LogP contribution is 2.30. The molecule has 0 aliphatic rings. The number of rotatable bonds is 4. The van der Waals surface area contributed by atoms with E-state index in [2.05, 4.69) is 5.32 Å². The van der Waals surface area contributed by atoms with E-state index >= 15 is 0 Å². The molecule has 0 aliphatic carbocycles. The normalized spacial score (nSPS) is 11.0. The molecule has 0 fully saturated rings. The lowest BCUT2D eigenvalue weighted by Gasteiger charge is -2.10. The molecule has 0 radical (unpaired) electrons. The number of amides is 1. The maximum atomic E-state index is 12.5. The Morgan fingerprint density at radius 3 is 2.58 bits per heavy atom. The number of carbonyl (C=O) groups excluding carboxylic acids is 1. The number of fused-ring (bicyclic) bond motifs is 1. The van der Waals surface area contributed by atoms with Crippen molar-refractivity contribution in [2.75, 3.05) is 12.4 Å². The van der Waals surface area contributed by atoms with Crippen LogP contribution in [0.15, 0.2) is 66.2 Å². The molecule has 0 saturated carbocycles. The lowest BCUT2D eigenvalue weighted by molar-refractivity contribution is -0.112. The van der Waals surface area contributed by atoms with E-state index in [-0.39, 0.29) is 5.57 Å². The van der Waals surface area contributed by atoms with Crippen LogP contribution in [0.25, 0.3) is 16.8 Å². The van der Waals surface area contributed by atoms with Crippen LogP contribution in [0.2, 0.25) is 5.02 Å². The Morgan fingerprint density at radius 1 is 1.12 bits per heavy atom. The summed E-state index contributed by atoms with van der Waals surface area (Å²) in [7, 11) is 1.55. The predicted molar refractivity (Wildman–Crippen MR) is 104 cm³/mol. The van der Waals surface area contributed by atoms with E-state index in [1.807, 2.05) is 42.5 Å². The fourth-order valence-corrected chi connectivity index (χ4v) is 2.83. The average Bonchev–Trinajstić information content (AvgIpc) is 2.67. The van der Waals surface area contributed by atoms with Gasteiger partial charge in [0.05, 0.1) is 17.8 Å². The standard InChI is InChI=1S/C21H15ClN2O2/c1-26-20-11-10-14-6-2-3-7-16(14)17(20)12-15(13-23)21(25)24-19-9-5-4-8-18(19)22/h2-12H,1H3,(H,24,25). The highest BCUT2D eigenvalue weighted by Gasteiger charge is 2.14. The predicted octanol–water partition coefficient (Wildman–Crippen LogP) is 5.05. The average molecular weight is 363 g/mol. The van der Waals surface area contributed by atoms with Gasteiger partial charge in [-0.3, -0.25) is 4.79 Å². The molecular weight excluding hydrogens is 348 g/mol. The minimum Gasteiger partial charge on any atom is -0.496 e. The molecule has 0 aromatic heterocycles. The molecular formula is C21H15ClN2O2. The summed E-state index contributed by atoms with van der Waals surface area (Å²) in [4.78, 5) is 12.5. The van der Waals surface area contributed by atoms with E-state index in [0.717, 1.165) is 10.8 Å². The van der Waals surface area contributed by atoms with Gasteiger partial charge >= 0.3 is 0 Å². The SMILES string of the molecule is COc1ccc2ccccc2c1C=C(C#N)C(=O)Nc1ccccc1Cl. The van der Waals surface area contributed by atoms with Gasteiger partial charge in [-0.15, -0.1) is 0 Å². The van der Waals surface area contributed by atoms with E-state index in [4.69, 9.17) is 16.3 Å². The molecule has 0 spiro atoms. The van der Waals surface area contributed by atoms with Crippen molar-refractivity contribution in [2.45, 2.75) is 0 Å².